The maximum Gasteiger partial charge on any atom is 0.230 e. The normalized spacial score (nSPS) is 10.1. The van der Waals surface area contributed by atoms with Gasteiger partial charge in [0, 0.05) is 23.6 Å². The van der Waals surface area contributed by atoms with E-state index in [9.17, 15) is 9.18 Å². The molecule has 0 saturated carbocycles. The van der Waals surface area contributed by atoms with Crippen LogP contribution in [-0.2, 0) is 11.2 Å². The van der Waals surface area contributed by atoms with Crippen LogP contribution in [0.5, 0.6) is 5.75 Å². The molecule has 0 fully saturated rings. The van der Waals surface area contributed by atoms with E-state index in [2.05, 4.69) is 10.3 Å². The van der Waals surface area contributed by atoms with Gasteiger partial charge in [-0.1, -0.05) is 6.07 Å². The molecule has 1 aromatic carbocycles. The lowest BCUT2D eigenvalue weighted by atomic mass is 10.2. The predicted octanol–water partition coefficient (Wildman–Crippen LogP) is 2.11. The Morgan fingerprint density at radius 1 is 1.33 bits per heavy atom. The Morgan fingerprint density at radius 2 is 2.17 bits per heavy atom. The van der Waals surface area contributed by atoms with Gasteiger partial charge >= 0.3 is 0 Å². The van der Waals surface area contributed by atoms with Crippen molar-refractivity contribution in [3.8, 4) is 5.75 Å². The van der Waals surface area contributed by atoms with Gasteiger partial charge in [-0.15, -0.1) is 0 Å². The first-order valence-electron chi connectivity index (χ1n) is 5.33. The number of phenolic OH excluding ortho intramolecular Hbond substituents is 1. The number of anilines is 1. The second-order valence-electron chi connectivity index (χ2n) is 3.71. The van der Waals surface area contributed by atoms with Crippen LogP contribution >= 0.6 is 0 Å². The Labute approximate surface area is 103 Å². The number of amides is 1. The van der Waals surface area contributed by atoms with Crippen LogP contribution in [0.1, 0.15) is 5.69 Å². The first kappa shape index (κ1) is 12.0. The first-order valence-corrected chi connectivity index (χ1v) is 5.33. The highest BCUT2D eigenvalue weighted by atomic mass is 19.1. The molecule has 1 amide bonds. The number of benzene rings is 1. The van der Waals surface area contributed by atoms with Gasteiger partial charge in [-0.05, 0) is 24.3 Å². The van der Waals surface area contributed by atoms with E-state index in [1.165, 1.54) is 12.1 Å². The molecule has 2 aromatic rings. The third-order valence-corrected chi connectivity index (χ3v) is 2.30. The minimum Gasteiger partial charge on any atom is -0.505 e. The van der Waals surface area contributed by atoms with Crippen LogP contribution in [0, 0.1) is 5.82 Å². The van der Waals surface area contributed by atoms with Crippen LogP contribution < -0.4 is 5.32 Å². The van der Waals surface area contributed by atoms with Gasteiger partial charge in [0.05, 0.1) is 6.42 Å². The number of hydrogen-bond acceptors (Lipinski definition) is 3. The zero-order chi connectivity index (χ0) is 13.0. The van der Waals surface area contributed by atoms with Gasteiger partial charge in [0.15, 0.2) is 11.6 Å². The number of hydrogen-bond donors (Lipinski definition) is 2. The highest BCUT2D eigenvalue weighted by molar-refractivity contribution is 5.92. The van der Waals surface area contributed by atoms with Gasteiger partial charge in [-0.25, -0.2) is 4.39 Å². The molecule has 2 N–H and O–H groups in total. The van der Waals surface area contributed by atoms with Crippen molar-refractivity contribution in [2.45, 2.75) is 6.42 Å². The molecule has 0 unspecified atom stereocenters. The van der Waals surface area contributed by atoms with Crippen molar-refractivity contribution in [3.63, 3.8) is 0 Å². The van der Waals surface area contributed by atoms with Gasteiger partial charge in [0.1, 0.15) is 0 Å². The molecule has 0 saturated heterocycles. The van der Waals surface area contributed by atoms with Gasteiger partial charge in [-0.3, -0.25) is 9.78 Å². The number of aromatic nitrogens is 1. The smallest absolute Gasteiger partial charge is 0.230 e. The number of nitrogens with one attached hydrogen (secondary N) is 1. The fraction of sp³-hybridized carbons (Fsp3) is 0.0769. The molecule has 0 aliphatic carbocycles. The molecule has 92 valence electrons. The molecule has 0 spiro atoms. The Kier molecular flexibility index (Phi) is 3.52. The standard InChI is InChI=1S/C13H11FN2O2/c14-11-7-10(4-5-12(11)17)16-13(18)8-9-3-1-2-6-15-9/h1-7,17H,8H2,(H,16,18). The van der Waals surface area contributed by atoms with Crippen molar-refractivity contribution in [1.29, 1.82) is 0 Å². The van der Waals surface area contributed by atoms with Crippen LogP contribution in [0.25, 0.3) is 0 Å². The Morgan fingerprint density at radius 3 is 2.83 bits per heavy atom. The Balaban J connectivity index is 2.01. The molecule has 18 heavy (non-hydrogen) atoms. The van der Waals surface area contributed by atoms with Crippen molar-refractivity contribution in [3.05, 3.63) is 54.1 Å². The van der Waals surface area contributed by atoms with Crippen LogP contribution in [0.3, 0.4) is 0 Å². The van der Waals surface area contributed by atoms with Crippen molar-refractivity contribution in [1.82, 2.24) is 4.98 Å². The zero-order valence-electron chi connectivity index (χ0n) is 9.43. The zero-order valence-corrected chi connectivity index (χ0v) is 9.43. The number of phenols is 1. The summed E-state index contributed by atoms with van der Waals surface area (Å²) in [5, 5.41) is 11.5. The predicted molar refractivity (Wildman–Crippen MR) is 64.6 cm³/mol. The fourth-order valence-corrected chi connectivity index (χ4v) is 1.46. The average molecular weight is 246 g/mol. The summed E-state index contributed by atoms with van der Waals surface area (Å²) in [4.78, 5) is 15.7. The molecule has 0 aliphatic heterocycles. The molecule has 0 atom stereocenters. The van der Waals surface area contributed by atoms with Crippen LogP contribution in [-0.4, -0.2) is 16.0 Å². The second kappa shape index (κ2) is 5.27. The molecule has 0 bridgehead atoms. The summed E-state index contributed by atoms with van der Waals surface area (Å²) in [5.41, 5.74) is 0.931. The summed E-state index contributed by atoms with van der Waals surface area (Å²) in [5.74, 6) is -1.51. The lowest BCUT2D eigenvalue weighted by molar-refractivity contribution is -0.115. The van der Waals surface area contributed by atoms with Crippen molar-refractivity contribution in [2.24, 2.45) is 0 Å². The summed E-state index contributed by atoms with van der Waals surface area (Å²) in [6.45, 7) is 0. The number of nitrogens with zero attached hydrogens (tertiary/aromatic N) is 1. The molecule has 2 rings (SSSR count). The van der Waals surface area contributed by atoms with Gasteiger partial charge in [0.2, 0.25) is 5.91 Å². The second-order valence-corrected chi connectivity index (χ2v) is 3.71. The maximum absolute atomic E-state index is 13.0. The van der Waals surface area contributed by atoms with E-state index in [1.807, 2.05) is 0 Å². The van der Waals surface area contributed by atoms with E-state index in [0.29, 0.717) is 11.4 Å². The Hall–Kier alpha value is -2.43. The van der Waals surface area contributed by atoms with Crippen molar-refractivity contribution < 1.29 is 14.3 Å². The summed E-state index contributed by atoms with van der Waals surface area (Å²) in [6, 6.07) is 8.95. The molecule has 5 heteroatoms. The molecule has 1 aromatic heterocycles. The summed E-state index contributed by atoms with van der Waals surface area (Å²) < 4.78 is 13.0. The monoisotopic (exact) mass is 246 g/mol. The number of carbonyl (C=O) groups is 1. The van der Waals surface area contributed by atoms with E-state index < -0.39 is 11.6 Å². The highest BCUT2D eigenvalue weighted by Crippen LogP contribution is 2.19. The van der Waals surface area contributed by atoms with E-state index in [4.69, 9.17) is 5.11 Å². The fourth-order valence-electron chi connectivity index (χ4n) is 1.46. The summed E-state index contributed by atoms with van der Waals surface area (Å²) in [6.07, 6.45) is 1.71. The average Bonchev–Trinajstić information content (AvgIpc) is 2.35. The first-order chi connectivity index (χ1) is 8.65. The molecule has 0 radical (unpaired) electrons. The SMILES string of the molecule is O=C(Cc1ccccn1)Nc1ccc(O)c(F)c1. The summed E-state index contributed by atoms with van der Waals surface area (Å²) >= 11 is 0. The molecule has 0 aliphatic rings. The van der Waals surface area contributed by atoms with E-state index in [1.54, 1.807) is 24.4 Å². The lowest BCUT2D eigenvalue weighted by Gasteiger charge is -2.05. The van der Waals surface area contributed by atoms with Crippen LogP contribution in [0.15, 0.2) is 42.6 Å². The third kappa shape index (κ3) is 3.04. The number of pyridine rings is 1. The van der Waals surface area contributed by atoms with Crippen molar-refractivity contribution >= 4 is 11.6 Å². The van der Waals surface area contributed by atoms with Crippen LogP contribution in [0.2, 0.25) is 0 Å². The quantitative estimate of drug-likeness (QED) is 0.815. The number of aromatic hydroxyl groups is 1. The highest BCUT2D eigenvalue weighted by Gasteiger charge is 2.07. The Bertz CT molecular complexity index is 558. The lowest BCUT2D eigenvalue weighted by Crippen LogP contribution is -2.15. The van der Waals surface area contributed by atoms with E-state index >= 15 is 0 Å². The van der Waals surface area contributed by atoms with Crippen LogP contribution in [0.4, 0.5) is 10.1 Å². The van der Waals surface area contributed by atoms with Gasteiger partial charge in [0.25, 0.3) is 0 Å². The number of halogens is 1. The largest absolute Gasteiger partial charge is 0.505 e. The van der Waals surface area contributed by atoms with Gasteiger partial charge in [-0.2, -0.15) is 0 Å². The maximum atomic E-state index is 13.0. The molecule has 4 nitrogen and oxygen atoms in total. The topological polar surface area (TPSA) is 62.2 Å². The molecular formula is C13H11FN2O2. The third-order valence-electron chi connectivity index (χ3n) is 2.30. The van der Waals surface area contributed by atoms with Gasteiger partial charge < -0.3 is 10.4 Å². The minimum absolute atomic E-state index is 0.114. The number of carbonyl (C=O) groups excluding carboxylic acids is 1. The molecule has 1 heterocycles. The molecular weight excluding hydrogens is 235 g/mol. The number of rotatable bonds is 3. The minimum atomic E-state index is -0.773. The van der Waals surface area contributed by atoms with E-state index in [0.717, 1.165) is 6.07 Å². The van der Waals surface area contributed by atoms with Crippen molar-refractivity contribution in [2.75, 3.05) is 5.32 Å². The summed E-state index contributed by atoms with van der Waals surface area (Å²) in [7, 11) is 0. The van der Waals surface area contributed by atoms with E-state index in [-0.39, 0.29) is 12.3 Å².